The average Bonchev–Trinajstić information content (AvgIpc) is 2.46. The molecule has 0 aliphatic carbocycles. The van der Waals surface area contributed by atoms with E-state index in [1.54, 1.807) is 0 Å². The lowest BCUT2D eigenvalue weighted by molar-refractivity contribution is -0.00859. The van der Waals surface area contributed by atoms with Crippen molar-refractivity contribution in [3.63, 3.8) is 0 Å². The standard InChI is InChI=1S/C17H26N2O/c1-13-9-15-5-3-4-6-16(15)19(11-13)17(12-18)7-8-20-14(2)10-17/h3-6,13-14H,7-12,18H2,1-2H3. The number of fused-ring (bicyclic) bond motifs is 1. The van der Waals surface area contributed by atoms with Gasteiger partial charge in [0.1, 0.15) is 0 Å². The largest absolute Gasteiger partial charge is 0.378 e. The Bertz CT molecular complexity index is 476. The van der Waals surface area contributed by atoms with E-state index in [0.717, 1.165) is 26.0 Å². The Morgan fingerprint density at radius 1 is 1.35 bits per heavy atom. The smallest absolute Gasteiger partial charge is 0.0570 e. The molecule has 0 radical (unpaired) electrons. The summed E-state index contributed by atoms with van der Waals surface area (Å²) in [6.45, 7) is 7.16. The molecule has 20 heavy (non-hydrogen) atoms. The molecule has 2 aliphatic rings. The molecular formula is C17H26N2O. The highest BCUT2D eigenvalue weighted by molar-refractivity contribution is 5.58. The van der Waals surface area contributed by atoms with Crippen molar-refractivity contribution in [1.29, 1.82) is 0 Å². The highest BCUT2D eigenvalue weighted by Gasteiger charge is 2.42. The maximum absolute atomic E-state index is 6.24. The summed E-state index contributed by atoms with van der Waals surface area (Å²) in [5.74, 6) is 0.687. The van der Waals surface area contributed by atoms with Crippen LogP contribution in [-0.4, -0.2) is 31.3 Å². The SMILES string of the molecule is CC1Cc2ccccc2N(C2(CN)CCOC(C)C2)C1. The van der Waals surface area contributed by atoms with E-state index < -0.39 is 0 Å². The molecule has 2 N–H and O–H groups in total. The van der Waals surface area contributed by atoms with Gasteiger partial charge in [0.25, 0.3) is 0 Å². The molecule has 3 heteroatoms. The van der Waals surface area contributed by atoms with Crippen LogP contribution in [0.25, 0.3) is 0 Å². The van der Waals surface area contributed by atoms with Crippen molar-refractivity contribution in [1.82, 2.24) is 0 Å². The zero-order valence-corrected chi connectivity index (χ0v) is 12.6. The Morgan fingerprint density at radius 3 is 2.90 bits per heavy atom. The minimum absolute atomic E-state index is 0.0719. The van der Waals surface area contributed by atoms with E-state index in [2.05, 4.69) is 43.0 Å². The summed E-state index contributed by atoms with van der Waals surface area (Å²) in [5, 5.41) is 0. The molecule has 0 aromatic heterocycles. The van der Waals surface area contributed by atoms with Crippen molar-refractivity contribution >= 4 is 5.69 Å². The molecule has 0 saturated carbocycles. The van der Waals surface area contributed by atoms with Crippen molar-refractivity contribution in [2.75, 3.05) is 24.6 Å². The molecule has 0 spiro atoms. The highest BCUT2D eigenvalue weighted by Crippen LogP contribution is 2.39. The van der Waals surface area contributed by atoms with Crippen LogP contribution in [0.1, 0.15) is 32.3 Å². The Hall–Kier alpha value is -1.06. The second-order valence-electron chi connectivity index (χ2n) is 6.61. The van der Waals surface area contributed by atoms with E-state index in [9.17, 15) is 0 Å². The molecule has 3 atom stereocenters. The summed E-state index contributed by atoms with van der Waals surface area (Å²) >= 11 is 0. The first-order valence-electron chi connectivity index (χ1n) is 7.82. The van der Waals surface area contributed by atoms with Gasteiger partial charge in [0.2, 0.25) is 0 Å². The van der Waals surface area contributed by atoms with E-state index >= 15 is 0 Å². The summed E-state index contributed by atoms with van der Waals surface area (Å²) in [6.07, 6.45) is 3.55. The second-order valence-corrected chi connectivity index (χ2v) is 6.61. The fourth-order valence-electron chi connectivity index (χ4n) is 3.93. The minimum Gasteiger partial charge on any atom is -0.378 e. The van der Waals surface area contributed by atoms with Crippen molar-refractivity contribution in [3.05, 3.63) is 29.8 Å². The number of para-hydroxylation sites is 1. The van der Waals surface area contributed by atoms with Crippen LogP contribution in [0.4, 0.5) is 5.69 Å². The molecule has 2 heterocycles. The van der Waals surface area contributed by atoms with Crippen LogP contribution in [0, 0.1) is 5.92 Å². The molecule has 110 valence electrons. The van der Waals surface area contributed by atoms with Gasteiger partial charge in [-0.2, -0.15) is 0 Å². The molecule has 1 saturated heterocycles. The predicted octanol–water partition coefficient (Wildman–Crippen LogP) is 2.58. The van der Waals surface area contributed by atoms with Gasteiger partial charge in [0.05, 0.1) is 11.6 Å². The first-order valence-corrected chi connectivity index (χ1v) is 7.82. The molecule has 1 aromatic rings. The van der Waals surface area contributed by atoms with Crippen LogP contribution >= 0.6 is 0 Å². The van der Waals surface area contributed by atoms with E-state index in [4.69, 9.17) is 10.5 Å². The van der Waals surface area contributed by atoms with Crippen LogP contribution in [0.5, 0.6) is 0 Å². The van der Waals surface area contributed by atoms with E-state index in [-0.39, 0.29) is 5.54 Å². The number of benzene rings is 1. The topological polar surface area (TPSA) is 38.5 Å². The van der Waals surface area contributed by atoms with Gasteiger partial charge < -0.3 is 15.4 Å². The lowest BCUT2D eigenvalue weighted by Gasteiger charge is -2.52. The van der Waals surface area contributed by atoms with Gasteiger partial charge in [0.15, 0.2) is 0 Å². The fraction of sp³-hybridized carbons (Fsp3) is 0.647. The Morgan fingerprint density at radius 2 is 2.15 bits per heavy atom. The zero-order valence-electron chi connectivity index (χ0n) is 12.6. The fourth-order valence-corrected chi connectivity index (χ4v) is 3.93. The van der Waals surface area contributed by atoms with Crippen molar-refractivity contribution in [2.24, 2.45) is 11.7 Å². The average molecular weight is 274 g/mol. The number of anilines is 1. The van der Waals surface area contributed by atoms with Crippen LogP contribution < -0.4 is 10.6 Å². The van der Waals surface area contributed by atoms with Gasteiger partial charge in [-0.25, -0.2) is 0 Å². The van der Waals surface area contributed by atoms with Gasteiger partial charge in [-0.05, 0) is 43.7 Å². The molecular weight excluding hydrogens is 248 g/mol. The van der Waals surface area contributed by atoms with E-state index in [1.165, 1.54) is 17.7 Å². The van der Waals surface area contributed by atoms with E-state index in [1.807, 2.05) is 0 Å². The maximum Gasteiger partial charge on any atom is 0.0570 e. The van der Waals surface area contributed by atoms with Gasteiger partial charge in [-0.3, -0.25) is 0 Å². The lowest BCUT2D eigenvalue weighted by Crippen LogP contribution is -2.60. The van der Waals surface area contributed by atoms with Gasteiger partial charge in [-0.15, -0.1) is 0 Å². The summed E-state index contributed by atoms with van der Waals surface area (Å²) < 4.78 is 5.76. The first-order chi connectivity index (χ1) is 9.64. The highest BCUT2D eigenvalue weighted by atomic mass is 16.5. The number of hydrogen-bond acceptors (Lipinski definition) is 3. The van der Waals surface area contributed by atoms with Crippen molar-refractivity contribution in [2.45, 2.75) is 44.8 Å². The van der Waals surface area contributed by atoms with Gasteiger partial charge >= 0.3 is 0 Å². The number of nitrogens with two attached hydrogens (primary N) is 1. The Labute approximate surface area is 122 Å². The summed E-state index contributed by atoms with van der Waals surface area (Å²) in [6, 6.07) is 8.83. The number of rotatable bonds is 2. The molecule has 3 unspecified atom stereocenters. The van der Waals surface area contributed by atoms with Crippen LogP contribution in [0.2, 0.25) is 0 Å². The van der Waals surface area contributed by atoms with Crippen LogP contribution in [0.3, 0.4) is 0 Å². The third-order valence-electron chi connectivity index (χ3n) is 4.93. The molecule has 3 rings (SSSR count). The minimum atomic E-state index is 0.0719. The van der Waals surface area contributed by atoms with E-state index in [0.29, 0.717) is 18.6 Å². The number of ether oxygens (including phenoxy) is 1. The summed E-state index contributed by atoms with van der Waals surface area (Å²) in [4.78, 5) is 2.59. The number of nitrogens with zero attached hydrogens (tertiary/aromatic N) is 1. The third-order valence-corrected chi connectivity index (χ3v) is 4.93. The molecule has 1 aromatic carbocycles. The van der Waals surface area contributed by atoms with Crippen molar-refractivity contribution in [3.8, 4) is 0 Å². The van der Waals surface area contributed by atoms with Crippen LogP contribution in [0.15, 0.2) is 24.3 Å². The van der Waals surface area contributed by atoms with Gasteiger partial charge in [0, 0.05) is 25.4 Å². The zero-order chi connectivity index (χ0) is 14.2. The third kappa shape index (κ3) is 2.33. The maximum atomic E-state index is 6.24. The quantitative estimate of drug-likeness (QED) is 0.901. The monoisotopic (exact) mass is 274 g/mol. The molecule has 1 fully saturated rings. The van der Waals surface area contributed by atoms with Gasteiger partial charge in [-0.1, -0.05) is 25.1 Å². The molecule has 2 aliphatic heterocycles. The predicted molar refractivity (Wildman–Crippen MR) is 83.1 cm³/mol. The molecule has 0 amide bonds. The molecule has 3 nitrogen and oxygen atoms in total. The summed E-state index contributed by atoms with van der Waals surface area (Å²) in [5.41, 5.74) is 9.17. The van der Waals surface area contributed by atoms with Crippen molar-refractivity contribution < 1.29 is 4.74 Å². The lowest BCUT2D eigenvalue weighted by atomic mass is 9.81. The first kappa shape index (κ1) is 13.9. The Kier molecular flexibility index (Phi) is 3.74. The Balaban J connectivity index is 1.99. The summed E-state index contributed by atoms with van der Waals surface area (Å²) in [7, 11) is 0. The normalized spacial score (nSPS) is 33.9. The number of hydrogen-bond donors (Lipinski definition) is 1. The second kappa shape index (κ2) is 5.38. The molecule has 0 bridgehead atoms. The van der Waals surface area contributed by atoms with Crippen LogP contribution in [-0.2, 0) is 11.2 Å².